The number of ether oxygens (including phenoxy) is 2. The molecule has 4 rings (SSSR count). The molecular weight excluding hydrogens is 493 g/mol. The molecule has 0 saturated carbocycles. The number of halogens is 2. The fourth-order valence-corrected chi connectivity index (χ4v) is 4.22. The lowest BCUT2D eigenvalue weighted by Crippen LogP contribution is -2.51. The van der Waals surface area contributed by atoms with Crippen molar-refractivity contribution >= 4 is 40.4 Å². The van der Waals surface area contributed by atoms with Gasteiger partial charge in [0.15, 0.2) is 17.7 Å². The average Bonchev–Trinajstić information content (AvgIpc) is 2.82. The number of aromatic nitrogens is 2. The standard InChI is InChI=1S/C23H21Cl2N7O3/c1-34-18-4-17(27)14(3-19(18)35-22(29)20-15(24)7-30-8-16(20)25)21(28)12-2-11(5-26)23(31-6-12)32-9-13(33)10-32/h2-4,6-8,13,22,28,33H,9-10,27,29H2,1H3/t22-/m0/s1. The molecule has 0 aliphatic carbocycles. The molecule has 180 valence electrons. The highest BCUT2D eigenvalue weighted by atomic mass is 35.5. The van der Waals surface area contributed by atoms with Gasteiger partial charge in [-0.25, -0.2) is 4.98 Å². The van der Waals surface area contributed by atoms with E-state index in [9.17, 15) is 10.4 Å². The van der Waals surface area contributed by atoms with Crippen LogP contribution in [0.3, 0.4) is 0 Å². The molecule has 1 saturated heterocycles. The highest BCUT2D eigenvalue weighted by molar-refractivity contribution is 6.35. The number of nitriles is 1. The molecule has 12 heteroatoms. The van der Waals surface area contributed by atoms with Crippen molar-refractivity contribution in [3.63, 3.8) is 0 Å². The molecule has 3 aromatic rings. The van der Waals surface area contributed by atoms with Crippen LogP contribution in [0.4, 0.5) is 11.5 Å². The van der Waals surface area contributed by atoms with Crippen LogP contribution in [-0.4, -0.2) is 47.1 Å². The van der Waals surface area contributed by atoms with Crippen molar-refractivity contribution in [2.75, 3.05) is 30.8 Å². The number of benzene rings is 1. The van der Waals surface area contributed by atoms with E-state index in [2.05, 4.69) is 16.0 Å². The quantitative estimate of drug-likeness (QED) is 0.211. The third-order valence-electron chi connectivity index (χ3n) is 5.47. The van der Waals surface area contributed by atoms with Gasteiger partial charge in [-0.2, -0.15) is 5.26 Å². The van der Waals surface area contributed by atoms with Crippen LogP contribution in [0.5, 0.6) is 11.5 Å². The molecule has 0 radical (unpaired) electrons. The highest BCUT2D eigenvalue weighted by Gasteiger charge is 2.28. The first-order valence-electron chi connectivity index (χ1n) is 10.3. The summed E-state index contributed by atoms with van der Waals surface area (Å²) in [6, 6.07) is 6.69. The first kappa shape index (κ1) is 24.5. The number of nitrogen functional groups attached to an aromatic ring is 1. The Morgan fingerprint density at radius 2 is 1.91 bits per heavy atom. The summed E-state index contributed by atoms with van der Waals surface area (Å²) in [5, 5.41) is 28.3. The van der Waals surface area contributed by atoms with E-state index < -0.39 is 12.3 Å². The van der Waals surface area contributed by atoms with E-state index in [1.807, 2.05) is 0 Å². The van der Waals surface area contributed by atoms with Crippen molar-refractivity contribution in [3.05, 3.63) is 69.1 Å². The maximum absolute atomic E-state index is 9.60. The molecule has 3 heterocycles. The summed E-state index contributed by atoms with van der Waals surface area (Å²) in [5.74, 6) is 0.953. The molecular formula is C23H21Cl2N7O3. The van der Waals surface area contributed by atoms with Crippen LogP contribution in [-0.2, 0) is 0 Å². The number of pyridine rings is 2. The lowest BCUT2D eigenvalue weighted by atomic mass is 10.00. The number of anilines is 2. The third kappa shape index (κ3) is 4.80. The molecule has 1 aliphatic heterocycles. The van der Waals surface area contributed by atoms with Crippen molar-refractivity contribution < 1.29 is 14.6 Å². The number of rotatable bonds is 7. The van der Waals surface area contributed by atoms with E-state index >= 15 is 0 Å². The monoisotopic (exact) mass is 513 g/mol. The fourth-order valence-electron chi connectivity index (χ4n) is 3.64. The van der Waals surface area contributed by atoms with Crippen LogP contribution in [0, 0.1) is 16.7 Å². The minimum absolute atomic E-state index is 0.0164. The van der Waals surface area contributed by atoms with Crippen molar-refractivity contribution in [1.82, 2.24) is 9.97 Å². The zero-order valence-corrected chi connectivity index (χ0v) is 20.0. The number of nitrogens with two attached hydrogens (primary N) is 2. The molecule has 10 nitrogen and oxygen atoms in total. The second kappa shape index (κ2) is 9.93. The normalized spacial score (nSPS) is 14.1. The Morgan fingerprint density at radius 1 is 1.23 bits per heavy atom. The Kier molecular flexibility index (Phi) is 6.95. The zero-order chi connectivity index (χ0) is 25.3. The van der Waals surface area contributed by atoms with Gasteiger partial charge < -0.3 is 25.2 Å². The van der Waals surface area contributed by atoms with Crippen LogP contribution in [0.25, 0.3) is 0 Å². The molecule has 6 N–H and O–H groups in total. The van der Waals surface area contributed by atoms with Gasteiger partial charge in [-0.05, 0) is 12.1 Å². The molecule has 0 amide bonds. The molecule has 1 fully saturated rings. The number of nitrogens with one attached hydrogen (secondary N) is 1. The third-order valence-corrected chi connectivity index (χ3v) is 6.07. The van der Waals surface area contributed by atoms with Crippen LogP contribution in [0.15, 0.2) is 36.8 Å². The van der Waals surface area contributed by atoms with Crippen LogP contribution < -0.4 is 25.8 Å². The predicted octanol–water partition coefficient (Wildman–Crippen LogP) is 2.88. The Balaban J connectivity index is 1.67. The minimum atomic E-state index is -1.06. The summed E-state index contributed by atoms with van der Waals surface area (Å²) in [4.78, 5) is 10.0. The van der Waals surface area contributed by atoms with Crippen LogP contribution in [0.2, 0.25) is 10.0 Å². The Morgan fingerprint density at radius 3 is 2.51 bits per heavy atom. The van der Waals surface area contributed by atoms with E-state index in [1.165, 1.54) is 37.8 Å². The summed E-state index contributed by atoms with van der Waals surface area (Å²) in [6.07, 6.45) is 2.78. The number of hydrogen-bond acceptors (Lipinski definition) is 10. The molecule has 1 aromatic carbocycles. The van der Waals surface area contributed by atoms with Gasteiger partial charge in [0.05, 0.1) is 34.5 Å². The number of aliphatic hydroxyl groups excluding tert-OH is 1. The maximum Gasteiger partial charge on any atom is 0.177 e. The maximum atomic E-state index is 9.60. The highest BCUT2D eigenvalue weighted by Crippen LogP contribution is 2.37. The first-order valence-corrected chi connectivity index (χ1v) is 11.1. The van der Waals surface area contributed by atoms with E-state index in [4.69, 9.17) is 49.6 Å². The molecule has 2 aromatic heterocycles. The van der Waals surface area contributed by atoms with Gasteiger partial charge in [0.1, 0.15) is 11.9 Å². The van der Waals surface area contributed by atoms with Gasteiger partial charge in [0.25, 0.3) is 0 Å². The largest absolute Gasteiger partial charge is 0.493 e. The van der Waals surface area contributed by atoms with Crippen LogP contribution >= 0.6 is 23.2 Å². The summed E-state index contributed by atoms with van der Waals surface area (Å²) in [6.45, 7) is 0.798. The summed E-state index contributed by atoms with van der Waals surface area (Å²) >= 11 is 12.4. The van der Waals surface area contributed by atoms with Gasteiger partial charge in [0.2, 0.25) is 0 Å². The smallest absolute Gasteiger partial charge is 0.177 e. The number of β-amino-alcohol motifs (C(OH)–C–C–N with tert-alkyl or cyclic N) is 1. The molecule has 1 atom stereocenters. The predicted molar refractivity (Wildman–Crippen MR) is 132 cm³/mol. The van der Waals surface area contributed by atoms with Gasteiger partial charge in [-0.1, -0.05) is 23.2 Å². The van der Waals surface area contributed by atoms with E-state index in [1.54, 1.807) is 11.0 Å². The minimum Gasteiger partial charge on any atom is -0.493 e. The molecule has 1 aliphatic rings. The van der Waals surface area contributed by atoms with Crippen molar-refractivity contribution in [1.29, 1.82) is 10.7 Å². The zero-order valence-electron chi connectivity index (χ0n) is 18.5. The van der Waals surface area contributed by atoms with Gasteiger partial charge in [-0.15, -0.1) is 0 Å². The van der Waals surface area contributed by atoms with E-state index in [0.29, 0.717) is 41.3 Å². The topological polar surface area (TPSA) is 167 Å². The molecule has 0 unspecified atom stereocenters. The number of methoxy groups -OCH3 is 1. The second-order valence-corrected chi connectivity index (χ2v) is 8.60. The van der Waals surface area contributed by atoms with Gasteiger partial charge >= 0.3 is 0 Å². The number of hydrogen-bond donors (Lipinski definition) is 4. The van der Waals surface area contributed by atoms with Crippen LogP contribution in [0.1, 0.15) is 28.5 Å². The first-order chi connectivity index (χ1) is 16.7. The van der Waals surface area contributed by atoms with E-state index in [0.717, 1.165) is 0 Å². The number of nitrogens with zero attached hydrogens (tertiary/aromatic N) is 4. The summed E-state index contributed by atoms with van der Waals surface area (Å²) in [7, 11) is 1.44. The van der Waals surface area contributed by atoms with Gasteiger partial charge in [0, 0.05) is 60.1 Å². The van der Waals surface area contributed by atoms with Gasteiger partial charge in [-0.3, -0.25) is 16.1 Å². The summed E-state index contributed by atoms with van der Waals surface area (Å²) < 4.78 is 11.3. The molecule has 0 bridgehead atoms. The second-order valence-electron chi connectivity index (χ2n) is 7.79. The van der Waals surface area contributed by atoms with E-state index in [-0.39, 0.29) is 32.8 Å². The Hall–Kier alpha value is -3.62. The van der Waals surface area contributed by atoms with Crippen molar-refractivity contribution in [3.8, 4) is 17.6 Å². The lowest BCUT2D eigenvalue weighted by Gasteiger charge is -2.37. The van der Waals surface area contributed by atoms with Crippen molar-refractivity contribution in [2.45, 2.75) is 12.3 Å². The molecule has 35 heavy (non-hydrogen) atoms. The Labute approximate surface area is 211 Å². The lowest BCUT2D eigenvalue weighted by molar-refractivity contribution is 0.141. The van der Waals surface area contributed by atoms with Crippen molar-refractivity contribution in [2.24, 2.45) is 5.73 Å². The number of aliphatic hydroxyl groups is 1. The SMILES string of the molecule is COc1cc(N)c(C(=N)c2cnc(N3CC(O)C3)c(C#N)c2)cc1O[C@H](N)c1c(Cl)cncc1Cl. The fraction of sp³-hybridized carbons (Fsp3) is 0.217. The average molecular weight is 514 g/mol. The molecule has 0 spiro atoms. The summed E-state index contributed by atoms with van der Waals surface area (Å²) in [5.41, 5.74) is 14.0. The Bertz CT molecular complexity index is 1320.